The van der Waals surface area contributed by atoms with Gasteiger partial charge in [0.1, 0.15) is 28.9 Å². The van der Waals surface area contributed by atoms with Crippen molar-refractivity contribution in [3.05, 3.63) is 65.3 Å². The van der Waals surface area contributed by atoms with Gasteiger partial charge in [-0.2, -0.15) is 0 Å². The van der Waals surface area contributed by atoms with Crippen LogP contribution in [0.3, 0.4) is 0 Å². The topological polar surface area (TPSA) is 117 Å². The molecule has 0 radical (unpaired) electrons. The third-order valence-electron chi connectivity index (χ3n) is 5.20. The van der Waals surface area contributed by atoms with E-state index in [-0.39, 0.29) is 42.5 Å². The Balaban J connectivity index is 2.34. The second kappa shape index (κ2) is 8.65. The highest BCUT2D eigenvalue weighted by molar-refractivity contribution is 6.22. The van der Waals surface area contributed by atoms with Crippen LogP contribution in [-0.2, 0) is 38.7 Å². The average molecular weight is 428 g/mol. The lowest BCUT2D eigenvalue weighted by Gasteiger charge is -2.36. The zero-order valence-corrected chi connectivity index (χ0v) is 17.6. The minimum absolute atomic E-state index is 0.0520. The van der Waals surface area contributed by atoms with Gasteiger partial charge in [0.2, 0.25) is 11.8 Å². The van der Waals surface area contributed by atoms with Crippen molar-refractivity contribution in [2.75, 3.05) is 38.9 Å². The maximum atomic E-state index is 14.0. The van der Waals surface area contributed by atoms with Gasteiger partial charge in [0.15, 0.2) is 0 Å². The van der Waals surface area contributed by atoms with Crippen LogP contribution >= 0.6 is 0 Å². The van der Waals surface area contributed by atoms with E-state index in [0.717, 1.165) is 7.11 Å². The van der Waals surface area contributed by atoms with E-state index in [4.69, 9.17) is 24.7 Å². The van der Waals surface area contributed by atoms with Crippen LogP contribution in [0.5, 0.6) is 0 Å². The molecule has 2 aliphatic rings. The molecule has 1 atom stereocenters. The number of carbonyl (C=O) groups is 3. The fraction of sp³-hybridized carbons (Fsp3) is 0.318. The smallest absolute Gasteiger partial charge is 0.340 e. The lowest BCUT2D eigenvalue weighted by Crippen LogP contribution is -2.50. The molecule has 164 valence electrons. The van der Waals surface area contributed by atoms with Gasteiger partial charge in [0, 0.05) is 24.9 Å². The number of anilines is 1. The molecule has 0 fully saturated rings. The molecule has 31 heavy (non-hydrogen) atoms. The van der Waals surface area contributed by atoms with Crippen LogP contribution in [0.2, 0.25) is 0 Å². The minimum Gasteiger partial charge on any atom is -0.465 e. The first-order chi connectivity index (χ1) is 14.9. The highest BCUT2D eigenvalue weighted by atomic mass is 16.6. The number of amides is 1. The Morgan fingerprint density at radius 2 is 1.90 bits per heavy atom. The van der Waals surface area contributed by atoms with E-state index in [9.17, 15) is 14.4 Å². The molecule has 0 aromatic heterocycles. The number of carbonyl (C=O) groups excluding carboxylic acids is 3. The number of esters is 2. The van der Waals surface area contributed by atoms with Crippen LogP contribution in [0.4, 0.5) is 5.69 Å². The number of methoxy groups -OCH3 is 2. The SMILES string of the molecule is C=CCN1C(=O)[C@]2(C(C(=O)OCCOC)=C(C)OC(N)=C2C(=O)OC)c2ccccc21. The van der Waals surface area contributed by atoms with E-state index in [1.54, 1.807) is 30.3 Å². The zero-order chi connectivity index (χ0) is 22.8. The minimum atomic E-state index is -1.89. The maximum absolute atomic E-state index is 14.0. The highest BCUT2D eigenvalue weighted by Crippen LogP contribution is 2.54. The van der Waals surface area contributed by atoms with Gasteiger partial charge < -0.3 is 29.6 Å². The summed E-state index contributed by atoms with van der Waals surface area (Å²) in [5.74, 6) is -2.54. The molecule has 1 spiro atoms. The summed E-state index contributed by atoms with van der Waals surface area (Å²) in [5.41, 5.74) is 4.69. The Morgan fingerprint density at radius 1 is 1.19 bits per heavy atom. The molecule has 0 saturated carbocycles. The lowest BCUT2D eigenvalue weighted by molar-refractivity contribution is -0.143. The number of ether oxygens (including phenoxy) is 4. The van der Waals surface area contributed by atoms with Crippen LogP contribution in [0.1, 0.15) is 12.5 Å². The summed E-state index contributed by atoms with van der Waals surface area (Å²) in [6.45, 7) is 5.44. The van der Waals surface area contributed by atoms with Crippen molar-refractivity contribution in [3.8, 4) is 0 Å². The Hall–Kier alpha value is -3.59. The van der Waals surface area contributed by atoms with Gasteiger partial charge in [0.05, 0.1) is 13.7 Å². The monoisotopic (exact) mass is 428 g/mol. The summed E-state index contributed by atoms with van der Waals surface area (Å²) >= 11 is 0. The first kappa shape index (κ1) is 22.1. The zero-order valence-electron chi connectivity index (χ0n) is 17.6. The quantitative estimate of drug-likeness (QED) is 0.392. The molecule has 0 saturated heterocycles. The number of nitrogens with zero attached hydrogens (tertiary/aromatic N) is 1. The van der Waals surface area contributed by atoms with Gasteiger partial charge in [-0.05, 0) is 13.0 Å². The van der Waals surface area contributed by atoms with E-state index >= 15 is 0 Å². The standard InChI is InChI=1S/C22H24N2O7/c1-5-10-24-15-9-7-6-8-14(15)22(21(24)27)16(20(26)30-12-11-28-3)13(2)31-18(23)17(22)19(25)29-4/h5-9H,1,10-12,23H2,2-4H3/t22-/m0/s1. The molecule has 0 unspecified atom stereocenters. The number of rotatable bonds is 7. The van der Waals surface area contributed by atoms with Gasteiger partial charge in [-0.3, -0.25) is 4.79 Å². The molecule has 9 heteroatoms. The molecule has 3 rings (SSSR count). The largest absolute Gasteiger partial charge is 0.465 e. The second-order valence-corrected chi connectivity index (χ2v) is 6.86. The number of para-hydroxylation sites is 1. The first-order valence-corrected chi connectivity index (χ1v) is 9.52. The lowest BCUT2D eigenvalue weighted by atomic mass is 9.67. The van der Waals surface area contributed by atoms with Crippen LogP contribution < -0.4 is 10.6 Å². The van der Waals surface area contributed by atoms with Crippen molar-refractivity contribution < 1.29 is 33.3 Å². The van der Waals surface area contributed by atoms with Gasteiger partial charge in [-0.25, -0.2) is 9.59 Å². The van der Waals surface area contributed by atoms with Crippen LogP contribution in [-0.4, -0.2) is 51.8 Å². The van der Waals surface area contributed by atoms with Crippen molar-refractivity contribution in [1.82, 2.24) is 0 Å². The van der Waals surface area contributed by atoms with E-state index in [0.29, 0.717) is 11.3 Å². The van der Waals surface area contributed by atoms with Gasteiger partial charge in [-0.15, -0.1) is 6.58 Å². The third-order valence-corrected chi connectivity index (χ3v) is 5.20. The summed E-state index contributed by atoms with van der Waals surface area (Å²) in [6, 6.07) is 6.83. The maximum Gasteiger partial charge on any atom is 0.340 e. The molecule has 0 bridgehead atoms. The number of benzene rings is 1. The molecule has 9 nitrogen and oxygen atoms in total. The summed E-state index contributed by atoms with van der Waals surface area (Å²) in [7, 11) is 2.62. The van der Waals surface area contributed by atoms with Gasteiger partial charge in [-0.1, -0.05) is 24.3 Å². The number of nitrogens with two attached hydrogens (primary N) is 1. The van der Waals surface area contributed by atoms with E-state index in [1.807, 2.05) is 0 Å². The van der Waals surface area contributed by atoms with Crippen molar-refractivity contribution in [2.45, 2.75) is 12.3 Å². The molecule has 2 heterocycles. The molecule has 2 aliphatic heterocycles. The number of hydrogen-bond acceptors (Lipinski definition) is 8. The summed E-state index contributed by atoms with van der Waals surface area (Å²) < 4.78 is 20.7. The first-order valence-electron chi connectivity index (χ1n) is 9.52. The third kappa shape index (κ3) is 3.27. The number of fused-ring (bicyclic) bond motifs is 2. The van der Waals surface area contributed by atoms with Gasteiger partial charge in [0.25, 0.3) is 0 Å². The number of allylic oxidation sites excluding steroid dienone is 1. The molecular formula is C22H24N2O7. The van der Waals surface area contributed by atoms with Crippen LogP contribution in [0, 0.1) is 0 Å². The molecule has 1 aromatic rings. The van der Waals surface area contributed by atoms with E-state index < -0.39 is 23.3 Å². The van der Waals surface area contributed by atoms with Crippen molar-refractivity contribution in [2.24, 2.45) is 5.73 Å². The predicted octanol–water partition coefficient (Wildman–Crippen LogP) is 1.29. The fourth-order valence-corrected chi connectivity index (χ4v) is 4.03. The number of hydrogen-bond donors (Lipinski definition) is 1. The average Bonchev–Trinajstić information content (AvgIpc) is 2.97. The summed E-state index contributed by atoms with van der Waals surface area (Å²) in [5, 5.41) is 0. The fourth-order valence-electron chi connectivity index (χ4n) is 4.03. The predicted molar refractivity (Wildman–Crippen MR) is 111 cm³/mol. The molecular weight excluding hydrogens is 404 g/mol. The molecule has 1 amide bonds. The van der Waals surface area contributed by atoms with Crippen molar-refractivity contribution in [3.63, 3.8) is 0 Å². The Labute approximate surface area is 179 Å². The van der Waals surface area contributed by atoms with Crippen molar-refractivity contribution >= 4 is 23.5 Å². The molecule has 2 N–H and O–H groups in total. The van der Waals surface area contributed by atoms with Crippen LogP contribution in [0.25, 0.3) is 0 Å². The molecule has 1 aromatic carbocycles. The van der Waals surface area contributed by atoms with E-state index in [1.165, 1.54) is 18.9 Å². The summed E-state index contributed by atoms with van der Waals surface area (Å²) in [6.07, 6.45) is 1.55. The Bertz CT molecular complexity index is 1010. The molecule has 0 aliphatic carbocycles. The normalized spacial score (nSPS) is 20.0. The Kier molecular flexibility index (Phi) is 6.16. The highest BCUT2D eigenvalue weighted by Gasteiger charge is 2.63. The van der Waals surface area contributed by atoms with Gasteiger partial charge >= 0.3 is 11.9 Å². The summed E-state index contributed by atoms with van der Waals surface area (Å²) in [4.78, 5) is 41.5. The van der Waals surface area contributed by atoms with E-state index in [2.05, 4.69) is 6.58 Å². The second-order valence-electron chi connectivity index (χ2n) is 6.86. The van der Waals surface area contributed by atoms with Crippen LogP contribution in [0.15, 0.2) is 59.7 Å². The Morgan fingerprint density at radius 3 is 2.55 bits per heavy atom. The van der Waals surface area contributed by atoms with Crippen molar-refractivity contribution in [1.29, 1.82) is 0 Å².